The molecule has 0 aliphatic carbocycles. The van der Waals surface area contributed by atoms with Crippen molar-refractivity contribution >= 4 is 28.2 Å². The second-order valence-corrected chi connectivity index (χ2v) is 2.97. The Morgan fingerprint density at radius 2 is 1.69 bits per heavy atom. The molecule has 0 saturated carbocycles. The van der Waals surface area contributed by atoms with Crippen molar-refractivity contribution in [2.24, 2.45) is 0 Å². The van der Waals surface area contributed by atoms with Gasteiger partial charge in [0.25, 0.3) is 0 Å². The van der Waals surface area contributed by atoms with Gasteiger partial charge in [0, 0.05) is 0 Å². The largest absolute Gasteiger partial charge is 0.308 e. The molecule has 0 spiro atoms. The van der Waals surface area contributed by atoms with Crippen molar-refractivity contribution in [2.75, 3.05) is 5.43 Å². The molecule has 0 unspecified atom stereocenters. The molecule has 0 heterocycles. The van der Waals surface area contributed by atoms with E-state index in [1.165, 1.54) is 10.8 Å². The lowest BCUT2D eigenvalue weighted by molar-refractivity contribution is 1.20. The van der Waals surface area contributed by atoms with E-state index in [-0.39, 0.29) is 0 Å². The highest BCUT2D eigenvalue weighted by molar-refractivity contribution is 6.14. The lowest BCUT2D eigenvalue weighted by Crippen LogP contribution is -2.07. The Bertz CT molecular complexity index is 414. The second-order valence-electron chi connectivity index (χ2n) is 2.78. The number of benzene rings is 2. The summed E-state index contributed by atoms with van der Waals surface area (Å²) in [6.07, 6.45) is 0. The van der Waals surface area contributed by atoms with Crippen molar-refractivity contribution in [1.82, 2.24) is 4.94 Å². The first-order chi connectivity index (χ1) is 6.40. The van der Waals surface area contributed by atoms with Gasteiger partial charge in [0.15, 0.2) is 0 Å². The van der Waals surface area contributed by atoms with Crippen LogP contribution in [0.5, 0.6) is 0 Å². The summed E-state index contributed by atoms with van der Waals surface area (Å²) in [5.41, 5.74) is 3.77. The normalized spacial score (nSPS) is 10.2. The molecule has 0 bridgehead atoms. The maximum absolute atomic E-state index is 5.33. The van der Waals surface area contributed by atoms with Crippen LogP contribution >= 0.6 is 11.8 Å². The van der Waals surface area contributed by atoms with E-state index in [0.29, 0.717) is 0 Å². The third-order valence-corrected chi connectivity index (χ3v) is 2.04. The molecule has 0 atom stereocenters. The van der Waals surface area contributed by atoms with E-state index in [1.807, 2.05) is 30.3 Å². The maximum atomic E-state index is 5.33. The Morgan fingerprint density at radius 3 is 2.46 bits per heavy atom. The van der Waals surface area contributed by atoms with Gasteiger partial charge in [-0.2, -0.15) is 0 Å². The summed E-state index contributed by atoms with van der Waals surface area (Å²) in [5, 5.41) is 2.42. The third kappa shape index (κ3) is 1.74. The van der Waals surface area contributed by atoms with Gasteiger partial charge in [0.1, 0.15) is 0 Å². The minimum absolute atomic E-state index is 0.953. The zero-order chi connectivity index (χ0) is 9.10. The summed E-state index contributed by atoms with van der Waals surface area (Å²) in [7, 11) is 0. The number of nitrogens with one attached hydrogen (secondary N) is 2. The summed E-state index contributed by atoms with van der Waals surface area (Å²) in [6.45, 7) is 0. The monoisotopic (exact) mass is 192 g/mol. The zero-order valence-corrected chi connectivity index (χ0v) is 7.68. The number of hydrogen-bond donors (Lipinski definition) is 2. The number of hydrazine groups is 1. The van der Waals surface area contributed by atoms with Crippen molar-refractivity contribution in [3.63, 3.8) is 0 Å². The van der Waals surface area contributed by atoms with E-state index in [2.05, 4.69) is 22.5 Å². The van der Waals surface area contributed by atoms with Crippen LogP contribution in [-0.4, -0.2) is 0 Å². The lowest BCUT2D eigenvalue weighted by atomic mass is 10.1. The van der Waals surface area contributed by atoms with Gasteiger partial charge in [-0.1, -0.05) is 30.3 Å². The van der Waals surface area contributed by atoms with E-state index in [0.717, 1.165) is 5.69 Å². The number of fused-ring (bicyclic) bond motifs is 1. The number of anilines is 1. The summed E-state index contributed by atoms with van der Waals surface area (Å²) < 4.78 is 0. The van der Waals surface area contributed by atoms with Crippen LogP contribution in [0.15, 0.2) is 42.5 Å². The van der Waals surface area contributed by atoms with Gasteiger partial charge in [0.05, 0.1) is 5.69 Å². The topological polar surface area (TPSA) is 24.1 Å². The number of rotatable bonds is 2. The molecule has 3 heteroatoms. The molecular formula is C10H9ClN2. The van der Waals surface area contributed by atoms with Crippen molar-refractivity contribution < 1.29 is 0 Å². The Balaban J connectivity index is 2.49. The molecule has 66 valence electrons. The molecule has 0 radical (unpaired) electrons. The number of hydrogen-bond acceptors (Lipinski definition) is 2. The van der Waals surface area contributed by atoms with Crippen LogP contribution in [0.4, 0.5) is 5.69 Å². The molecule has 0 aliphatic rings. The fourth-order valence-electron chi connectivity index (χ4n) is 1.32. The standard InChI is InChI=1S/C10H9ClN2/c11-13-12-10-6-5-8-3-1-2-4-9(8)7-10/h1-7,12-13H. The predicted molar refractivity (Wildman–Crippen MR) is 56.6 cm³/mol. The first kappa shape index (κ1) is 8.35. The van der Waals surface area contributed by atoms with Crippen LogP contribution in [0.3, 0.4) is 0 Å². The lowest BCUT2D eigenvalue weighted by Gasteiger charge is -2.03. The van der Waals surface area contributed by atoms with Crippen LogP contribution in [0.1, 0.15) is 0 Å². The van der Waals surface area contributed by atoms with E-state index < -0.39 is 0 Å². The van der Waals surface area contributed by atoms with Gasteiger partial charge >= 0.3 is 0 Å². The highest BCUT2D eigenvalue weighted by Crippen LogP contribution is 2.17. The van der Waals surface area contributed by atoms with Crippen molar-refractivity contribution in [2.45, 2.75) is 0 Å². The molecule has 2 aromatic carbocycles. The smallest absolute Gasteiger partial charge is 0.0506 e. The van der Waals surface area contributed by atoms with Gasteiger partial charge in [-0.3, -0.25) is 0 Å². The highest BCUT2D eigenvalue weighted by atomic mass is 35.5. The van der Waals surface area contributed by atoms with Gasteiger partial charge in [0.2, 0.25) is 0 Å². The van der Waals surface area contributed by atoms with E-state index in [9.17, 15) is 0 Å². The molecule has 2 aromatic rings. The fraction of sp³-hybridized carbons (Fsp3) is 0. The zero-order valence-electron chi connectivity index (χ0n) is 6.92. The molecule has 0 aromatic heterocycles. The molecule has 0 fully saturated rings. The van der Waals surface area contributed by atoms with Crippen LogP contribution in [-0.2, 0) is 0 Å². The SMILES string of the molecule is ClNNc1ccc2ccccc2c1. The minimum atomic E-state index is 0.953. The molecule has 0 aliphatic heterocycles. The number of halogens is 1. The average molecular weight is 193 g/mol. The molecule has 2 rings (SSSR count). The molecule has 2 N–H and O–H groups in total. The quantitative estimate of drug-likeness (QED) is 0.565. The first-order valence-corrected chi connectivity index (χ1v) is 4.38. The Kier molecular flexibility index (Phi) is 2.34. The van der Waals surface area contributed by atoms with Gasteiger partial charge in [-0.25, -0.2) is 0 Å². The van der Waals surface area contributed by atoms with E-state index >= 15 is 0 Å². The molecule has 13 heavy (non-hydrogen) atoms. The predicted octanol–water partition coefficient (Wildman–Crippen LogP) is 2.91. The van der Waals surface area contributed by atoms with Gasteiger partial charge in [-0.05, 0) is 34.7 Å². The summed E-state index contributed by atoms with van der Waals surface area (Å²) in [5.74, 6) is 0. The summed E-state index contributed by atoms with van der Waals surface area (Å²) in [4.78, 5) is 2.37. The summed E-state index contributed by atoms with van der Waals surface area (Å²) >= 11 is 5.33. The van der Waals surface area contributed by atoms with Crippen LogP contribution in [0.25, 0.3) is 10.8 Å². The van der Waals surface area contributed by atoms with Crippen LogP contribution < -0.4 is 10.4 Å². The first-order valence-electron chi connectivity index (χ1n) is 4.00. The van der Waals surface area contributed by atoms with E-state index in [4.69, 9.17) is 11.8 Å². The average Bonchev–Trinajstić information content (AvgIpc) is 2.18. The maximum Gasteiger partial charge on any atom is 0.0506 e. The second kappa shape index (κ2) is 3.64. The molecule has 2 nitrogen and oxygen atoms in total. The third-order valence-electron chi connectivity index (χ3n) is 1.94. The van der Waals surface area contributed by atoms with Gasteiger partial charge in [-0.15, -0.1) is 4.94 Å². The summed E-state index contributed by atoms with van der Waals surface area (Å²) in [6, 6.07) is 14.2. The minimum Gasteiger partial charge on any atom is -0.308 e. The van der Waals surface area contributed by atoms with Gasteiger partial charge < -0.3 is 5.43 Å². The van der Waals surface area contributed by atoms with Crippen molar-refractivity contribution in [3.8, 4) is 0 Å². The van der Waals surface area contributed by atoms with Crippen molar-refractivity contribution in [1.29, 1.82) is 0 Å². The Labute approximate surface area is 81.6 Å². The van der Waals surface area contributed by atoms with Crippen LogP contribution in [0, 0.1) is 0 Å². The molecule has 0 amide bonds. The Hall–Kier alpha value is -1.25. The Morgan fingerprint density at radius 1 is 0.923 bits per heavy atom. The van der Waals surface area contributed by atoms with Crippen LogP contribution in [0.2, 0.25) is 0 Å². The highest BCUT2D eigenvalue weighted by Gasteiger charge is 1.93. The molecule has 0 saturated heterocycles. The van der Waals surface area contributed by atoms with Crippen molar-refractivity contribution in [3.05, 3.63) is 42.5 Å². The fourth-order valence-corrected chi connectivity index (χ4v) is 1.43. The van der Waals surface area contributed by atoms with E-state index in [1.54, 1.807) is 0 Å². The molecular weight excluding hydrogens is 184 g/mol.